The lowest BCUT2D eigenvalue weighted by Crippen LogP contribution is -1.96. The maximum atomic E-state index is 11.3. The van der Waals surface area contributed by atoms with Gasteiger partial charge < -0.3 is 14.6 Å². The van der Waals surface area contributed by atoms with Gasteiger partial charge in [-0.2, -0.15) is 0 Å². The van der Waals surface area contributed by atoms with Crippen molar-refractivity contribution < 1.29 is 19.4 Å². The number of carboxylic acid groups (broad SMARTS) is 1. The molecule has 0 fully saturated rings. The fourth-order valence-electron chi connectivity index (χ4n) is 3.52. The highest BCUT2D eigenvalue weighted by molar-refractivity contribution is 6.04. The van der Waals surface area contributed by atoms with Crippen LogP contribution in [0.25, 0.3) is 17.2 Å². The lowest BCUT2D eigenvalue weighted by atomic mass is 10.0. The number of allylic oxidation sites excluding steroid dienone is 2. The van der Waals surface area contributed by atoms with Gasteiger partial charge in [0.05, 0.1) is 13.5 Å². The second kappa shape index (κ2) is 8.70. The number of hydrogen-bond acceptors (Lipinski definition) is 3. The Bertz CT molecular complexity index is 1110. The molecule has 0 atom stereocenters. The van der Waals surface area contributed by atoms with E-state index in [9.17, 15) is 9.90 Å². The summed E-state index contributed by atoms with van der Waals surface area (Å²) in [5.74, 6) is 0.704. The van der Waals surface area contributed by atoms with Crippen LogP contribution in [0.2, 0.25) is 0 Å². The van der Waals surface area contributed by atoms with E-state index in [0.717, 1.165) is 44.9 Å². The first-order valence-electron chi connectivity index (χ1n) is 9.72. The van der Waals surface area contributed by atoms with Gasteiger partial charge in [-0.3, -0.25) is 4.79 Å². The summed E-state index contributed by atoms with van der Waals surface area (Å²) in [6, 6.07) is 23.6. The lowest BCUT2D eigenvalue weighted by molar-refractivity contribution is -0.135. The molecule has 0 radical (unpaired) electrons. The van der Waals surface area contributed by atoms with Crippen molar-refractivity contribution in [2.24, 2.45) is 0 Å². The molecule has 150 valence electrons. The standard InChI is InChI=1S/C26H22O4/c1-29-23-11-12-24-21(15-26(27)28)14-20(25(24)16-23)13-18-7-9-22(10-8-18)30-17-19-5-3-2-4-6-19/h2-14,16H,15,17H2,1H3,(H,27,28)/b20-13-. The number of aliphatic carboxylic acids is 1. The van der Waals surface area contributed by atoms with Crippen LogP contribution in [-0.2, 0) is 11.4 Å². The van der Waals surface area contributed by atoms with E-state index in [4.69, 9.17) is 9.47 Å². The van der Waals surface area contributed by atoms with Gasteiger partial charge in [-0.15, -0.1) is 0 Å². The minimum atomic E-state index is -0.843. The third-order valence-corrected chi connectivity index (χ3v) is 5.01. The molecule has 0 heterocycles. The van der Waals surface area contributed by atoms with Crippen molar-refractivity contribution in [2.45, 2.75) is 13.0 Å². The molecule has 1 N–H and O–H groups in total. The van der Waals surface area contributed by atoms with Crippen LogP contribution in [0.5, 0.6) is 11.5 Å². The summed E-state index contributed by atoms with van der Waals surface area (Å²) in [7, 11) is 1.62. The van der Waals surface area contributed by atoms with Crippen molar-refractivity contribution in [3.63, 3.8) is 0 Å². The molecule has 3 aromatic carbocycles. The van der Waals surface area contributed by atoms with E-state index in [2.05, 4.69) is 0 Å². The first-order chi connectivity index (χ1) is 14.6. The van der Waals surface area contributed by atoms with Crippen LogP contribution in [0.3, 0.4) is 0 Å². The van der Waals surface area contributed by atoms with Gasteiger partial charge in [-0.05, 0) is 69.8 Å². The molecule has 30 heavy (non-hydrogen) atoms. The number of carboxylic acids is 1. The van der Waals surface area contributed by atoms with Crippen molar-refractivity contribution >= 4 is 23.2 Å². The molecule has 0 aliphatic heterocycles. The molecule has 4 rings (SSSR count). The normalized spacial score (nSPS) is 13.6. The van der Waals surface area contributed by atoms with Gasteiger partial charge in [0.25, 0.3) is 0 Å². The van der Waals surface area contributed by atoms with Gasteiger partial charge >= 0.3 is 5.97 Å². The molecule has 1 aliphatic carbocycles. The van der Waals surface area contributed by atoms with E-state index in [0.29, 0.717) is 6.61 Å². The monoisotopic (exact) mass is 398 g/mol. The van der Waals surface area contributed by atoms with Gasteiger partial charge in [0, 0.05) is 0 Å². The molecule has 0 spiro atoms. The predicted molar refractivity (Wildman–Crippen MR) is 118 cm³/mol. The van der Waals surface area contributed by atoms with E-state index < -0.39 is 5.97 Å². The molecule has 0 unspecified atom stereocenters. The average Bonchev–Trinajstić information content (AvgIpc) is 3.09. The van der Waals surface area contributed by atoms with Crippen LogP contribution in [-0.4, -0.2) is 18.2 Å². The van der Waals surface area contributed by atoms with Crippen LogP contribution in [0, 0.1) is 0 Å². The van der Waals surface area contributed by atoms with Crippen LogP contribution in [0.15, 0.2) is 78.9 Å². The number of benzene rings is 3. The molecular formula is C26H22O4. The molecule has 1 aliphatic rings. The first-order valence-corrected chi connectivity index (χ1v) is 9.72. The highest BCUT2D eigenvalue weighted by atomic mass is 16.5. The number of fused-ring (bicyclic) bond motifs is 1. The SMILES string of the molecule is COc1ccc2c(c1)/C(=C\c1ccc(OCc3ccccc3)cc1)C=C2CC(=O)O. The Morgan fingerprint density at radius 2 is 1.67 bits per heavy atom. The molecule has 4 heteroatoms. The Morgan fingerprint density at radius 1 is 0.933 bits per heavy atom. The molecule has 0 bridgehead atoms. The number of rotatable bonds is 7. The Labute approximate surface area is 175 Å². The number of carbonyl (C=O) groups is 1. The molecule has 3 aromatic rings. The number of ether oxygens (including phenoxy) is 2. The van der Waals surface area contributed by atoms with Crippen LogP contribution in [0.1, 0.15) is 28.7 Å². The van der Waals surface area contributed by atoms with Crippen LogP contribution < -0.4 is 9.47 Å². The van der Waals surface area contributed by atoms with E-state index >= 15 is 0 Å². The zero-order valence-electron chi connectivity index (χ0n) is 16.7. The third-order valence-electron chi connectivity index (χ3n) is 5.01. The van der Waals surface area contributed by atoms with E-state index in [1.165, 1.54) is 0 Å². The van der Waals surface area contributed by atoms with Gasteiger partial charge in [0.2, 0.25) is 0 Å². The van der Waals surface area contributed by atoms with E-state index in [1.54, 1.807) is 7.11 Å². The summed E-state index contributed by atoms with van der Waals surface area (Å²) in [6.45, 7) is 0.524. The minimum Gasteiger partial charge on any atom is -0.497 e. The summed E-state index contributed by atoms with van der Waals surface area (Å²) < 4.78 is 11.2. The van der Waals surface area contributed by atoms with Crippen LogP contribution in [0.4, 0.5) is 0 Å². The molecule has 0 aromatic heterocycles. The summed E-state index contributed by atoms with van der Waals surface area (Å²) in [5.41, 5.74) is 5.82. The number of methoxy groups -OCH3 is 1. The van der Waals surface area contributed by atoms with Crippen molar-refractivity contribution in [1.29, 1.82) is 0 Å². The maximum Gasteiger partial charge on any atom is 0.307 e. The smallest absolute Gasteiger partial charge is 0.307 e. The van der Waals surface area contributed by atoms with E-state index in [-0.39, 0.29) is 6.42 Å². The number of hydrogen-bond donors (Lipinski definition) is 1. The second-order valence-corrected chi connectivity index (χ2v) is 7.09. The zero-order valence-corrected chi connectivity index (χ0v) is 16.7. The average molecular weight is 398 g/mol. The largest absolute Gasteiger partial charge is 0.497 e. The third kappa shape index (κ3) is 4.44. The lowest BCUT2D eigenvalue weighted by Gasteiger charge is -2.08. The Hall–Kier alpha value is -3.79. The van der Waals surface area contributed by atoms with Gasteiger partial charge in [0.15, 0.2) is 0 Å². The fraction of sp³-hybridized carbons (Fsp3) is 0.115. The van der Waals surface area contributed by atoms with Gasteiger partial charge in [0.1, 0.15) is 18.1 Å². The van der Waals surface area contributed by atoms with Crippen molar-refractivity contribution in [3.05, 3.63) is 101 Å². The highest BCUT2D eigenvalue weighted by Gasteiger charge is 2.20. The zero-order chi connectivity index (χ0) is 20.9. The Morgan fingerprint density at radius 3 is 2.37 bits per heavy atom. The maximum absolute atomic E-state index is 11.3. The van der Waals surface area contributed by atoms with E-state index in [1.807, 2.05) is 84.9 Å². The Balaban J connectivity index is 1.56. The van der Waals surface area contributed by atoms with Gasteiger partial charge in [-0.1, -0.05) is 48.5 Å². The molecule has 4 nitrogen and oxygen atoms in total. The fourth-order valence-corrected chi connectivity index (χ4v) is 3.52. The van der Waals surface area contributed by atoms with Crippen LogP contribution >= 0.6 is 0 Å². The molecule has 0 amide bonds. The van der Waals surface area contributed by atoms with Gasteiger partial charge in [-0.25, -0.2) is 0 Å². The first kappa shape index (κ1) is 19.5. The topological polar surface area (TPSA) is 55.8 Å². The summed E-state index contributed by atoms with van der Waals surface area (Å²) in [6.07, 6.45) is 3.98. The quantitative estimate of drug-likeness (QED) is 0.556. The Kier molecular flexibility index (Phi) is 5.66. The van der Waals surface area contributed by atoms with Crippen molar-refractivity contribution in [3.8, 4) is 11.5 Å². The molecule has 0 saturated heterocycles. The van der Waals surface area contributed by atoms with Crippen molar-refractivity contribution in [2.75, 3.05) is 7.11 Å². The second-order valence-electron chi connectivity index (χ2n) is 7.09. The van der Waals surface area contributed by atoms with Crippen molar-refractivity contribution in [1.82, 2.24) is 0 Å². The molecule has 0 saturated carbocycles. The minimum absolute atomic E-state index is 0.0110. The molecular weight excluding hydrogens is 376 g/mol. The highest BCUT2D eigenvalue weighted by Crippen LogP contribution is 2.40. The predicted octanol–water partition coefficient (Wildman–Crippen LogP) is 5.69. The summed E-state index contributed by atoms with van der Waals surface area (Å²) in [4.78, 5) is 11.3. The summed E-state index contributed by atoms with van der Waals surface area (Å²) in [5, 5.41) is 9.24. The summed E-state index contributed by atoms with van der Waals surface area (Å²) >= 11 is 0.